The quantitative estimate of drug-likeness (QED) is 0.883. The molecule has 2 rings (SSSR count). The van der Waals surface area contributed by atoms with E-state index in [1.165, 1.54) is 0 Å². The molecule has 82 valence electrons. The predicted octanol–water partition coefficient (Wildman–Crippen LogP) is 3.45. The number of nitrogens with zero attached hydrogens (tertiary/aromatic N) is 1. The van der Waals surface area contributed by atoms with Crippen molar-refractivity contribution in [1.82, 2.24) is 4.98 Å². The largest absolute Gasteiger partial charge is 0.497 e. The van der Waals surface area contributed by atoms with Gasteiger partial charge in [0.05, 0.1) is 17.6 Å². The van der Waals surface area contributed by atoms with Crippen LogP contribution in [0.1, 0.15) is 0 Å². The highest BCUT2D eigenvalue weighted by atomic mass is 35.5. The Morgan fingerprint density at radius 3 is 2.94 bits per heavy atom. The fraction of sp³-hybridized carbons (Fsp3) is 0.0833. The van der Waals surface area contributed by atoms with Crippen molar-refractivity contribution in [3.05, 3.63) is 42.1 Å². The Kier molecular flexibility index (Phi) is 2.97. The first-order chi connectivity index (χ1) is 7.74. The van der Waals surface area contributed by atoms with Gasteiger partial charge in [0, 0.05) is 17.5 Å². The van der Waals surface area contributed by atoms with Crippen molar-refractivity contribution in [1.29, 1.82) is 0 Å². The average Bonchev–Trinajstić information content (AvgIpc) is 2.28. The molecule has 0 bridgehead atoms. The Balaban J connectivity index is 2.62. The highest BCUT2D eigenvalue weighted by Gasteiger charge is 2.04. The third-order valence-corrected chi connectivity index (χ3v) is 2.53. The Morgan fingerprint density at radius 1 is 1.44 bits per heavy atom. The number of rotatable bonds is 3. The third-order valence-electron chi connectivity index (χ3n) is 2.22. The number of methoxy groups -OCH3 is 1. The van der Waals surface area contributed by atoms with Gasteiger partial charge < -0.3 is 10.1 Å². The Morgan fingerprint density at radius 2 is 2.25 bits per heavy atom. The maximum absolute atomic E-state index is 6.14. The second-order valence-electron chi connectivity index (χ2n) is 3.22. The monoisotopic (exact) mass is 234 g/mol. The van der Waals surface area contributed by atoms with E-state index < -0.39 is 0 Å². The maximum atomic E-state index is 6.14. The minimum Gasteiger partial charge on any atom is -0.497 e. The number of benzene rings is 1. The summed E-state index contributed by atoms with van der Waals surface area (Å²) >= 11 is 6.14. The first-order valence-corrected chi connectivity index (χ1v) is 5.14. The molecular formula is C12H11ClN2O. The van der Waals surface area contributed by atoms with E-state index in [0.29, 0.717) is 10.8 Å². The minimum absolute atomic E-state index is 0.650. The lowest BCUT2D eigenvalue weighted by Crippen LogP contribution is -1.92. The number of pyridine rings is 1. The molecule has 0 atom stereocenters. The number of hydrogen-bond donors (Lipinski definition) is 1. The summed E-state index contributed by atoms with van der Waals surface area (Å²) in [5.74, 6) is 1.42. The summed E-state index contributed by atoms with van der Waals surface area (Å²) < 4.78 is 5.14. The van der Waals surface area contributed by atoms with Crippen molar-refractivity contribution in [2.24, 2.45) is 0 Å². The average molecular weight is 235 g/mol. The van der Waals surface area contributed by atoms with Gasteiger partial charge in [-0.15, -0.1) is 0 Å². The van der Waals surface area contributed by atoms with Gasteiger partial charge in [0.25, 0.3) is 0 Å². The zero-order valence-corrected chi connectivity index (χ0v) is 9.58. The van der Waals surface area contributed by atoms with Crippen LogP contribution in [0.5, 0.6) is 5.75 Å². The molecule has 4 heteroatoms. The summed E-state index contributed by atoms with van der Waals surface area (Å²) in [6.07, 6.45) is 1.56. The van der Waals surface area contributed by atoms with Gasteiger partial charge in [-0.2, -0.15) is 0 Å². The summed E-state index contributed by atoms with van der Waals surface area (Å²) in [7, 11) is 1.62. The standard InChI is InChI=1S/C12H11ClN2O/c1-3-14-12-7-10(13)9-5-4-8(16-2)6-11(9)15-12/h3-7H,1H2,2H3,(H,14,15). The molecule has 0 aliphatic heterocycles. The number of fused-ring (bicyclic) bond motifs is 1. The SMILES string of the molecule is C=CNc1cc(Cl)c2ccc(OC)cc2n1. The lowest BCUT2D eigenvalue weighted by molar-refractivity contribution is 0.415. The van der Waals surface area contributed by atoms with Gasteiger partial charge in [-0.25, -0.2) is 4.98 Å². The lowest BCUT2D eigenvalue weighted by atomic mass is 10.2. The van der Waals surface area contributed by atoms with Crippen molar-refractivity contribution in [2.45, 2.75) is 0 Å². The van der Waals surface area contributed by atoms with Gasteiger partial charge >= 0.3 is 0 Å². The summed E-state index contributed by atoms with van der Waals surface area (Å²) in [6.45, 7) is 3.58. The number of halogens is 1. The molecule has 0 fully saturated rings. The molecule has 0 saturated heterocycles. The molecule has 1 aromatic heterocycles. The number of nitrogens with one attached hydrogen (secondary N) is 1. The molecule has 0 amide bonds. The van der Waals surface area contributed by atoms with E-state index in [1.807, 2.05) is 18.2 Å². The van der Waals surface area contributed by atoms with Crippen LogP contribution in [0.2, 0.25) is 5.02 Å². The summed E-state index contributed by atoms with van der Waals surface area (Å²) in [5.41, 5.74) is 0.788. The number of hydrogen-bond acceptors (Lipinski definition) is 3. The van der Waals surface area contributed by atoms with Crippen molar-refractivity contribution < 1.29 is 4.74 Å². The fourth-order valence-electron chi connectivity index (χ4n) is 1.47. The molecule has 0 aliphatic rings. The Bertz CT molecular complexity index is 540. The van der Waals surface area contributed by atoms with Gasteiger partial charge in [0.1, 0.15) is 11.6 Å². The maximum Gasteiger partial charge on any atom is 0.132 e. The van der Waals surface area contributed by atoms with E-state index in [0.717, 1.165) is 16.7 Å². The van der Waals surface area contributed by atoms with Crippen LogP contribution in [0, 0.1) is 0 Å². The van der Waals surface area contributed by atoms with E-state index >= 15 is 0 Å². The zero-order chi connectivity index (χ0) is 11.5. The van der Waals surface area contributed by atoms with Gasteiger partial charge in [-0.05, 0) is 18.3 Å². The van der Waals surface area contributed by atoms with E-state index in [9.17, 15) is 0 Å². The van der Waals surface area contributed by atoms with Crippen molar-refractivity contribution >= 4 is 28.3 Å². The first kappa shape index (κ1) is 10.8. The van der Waals surface area contributed by atoms with Crippen molar-refractivity contribution in [3.8, 4) is 5.75 Å². The van der Waals surface area contributed by atoms with Gasteiger partial charge in [0.15, 0.2) is 0 Å². The number of anilines is 1. The van der Waals surface area contributed by atoms with Crippen molar-refractivity contribution in [3.63, 3.8) is 0 Å². The van der Waals surface area contributed by atoms with Gasteiger partial charge in [-0.1, -0.05) is 18.2 Å². The second-order valence-corrected chi connectivity index (χ2v) is 3.63. The highest BCUT2D eigenvalue weighted by molar-refractivity contribution is 6.35. The number of ether oxygens (including phenoxy) is 1. The van der Waals surface area contributed by atoms with E-state index in [1.54, 1.807) is 19.4 Å². The zero-order valence-electron chi connectivity index (χ0n) is 8.83. The molecule has 1 heterocycles. The minimum atomic E-state index is 0.650. The molecule has 0 spiro atoms. The van der Waals surface area contributed by atoms with E-state index in [-0.39, 0.29) is 0 Å². The van der Waals surface area contributed by atoms with Crippen LogP contribution in [0.4, 0.5) is 5.82 Å². The summed E-state index contributed by atoms with van der Waals surface area (Å²) in [6, 6.07) is 7.35. The van der Waals surface area contributed by atoms with Crippen LogP contribution in [-0.4, -0.2) is 12.1 Å². The van der Waals surface area contributed by atoms with Gasteiger partial charge in [0.2, 0.25) is 0 Å². The molecular weight excluding hydrogens is 224 g/mol. The van der Waals surface area contributed by atoms with Crippen LogP contribution in [-0.2, 0) is 0 Å². The second kappa shape index (κ2) is 4.41. The normalized spacial score (nSPS) is 10.1. The number of aromatic nitrogens is 1. The molecule has 16 heavy (non-hydrogen) atoms. The van der Waals surface area contributed by atoms with Gasteiger partial charge in [-0.3, -0.25) is 0 Å². The summed E-state index contributed by atoms with van der Waals surface area (Å²) in [5, 5.41) is 4.46. The third kappa shape index (κ3) is 1.95. The van der Waals surface area contributed by atoms with Crippen molar-refractivity contribution in [2.75, 3.05) is 12.4 Å². The van der Waals surface area contributed by atoms with E-state index in [2.05, 4.69) is 16.9 Å². The van der Waals surface area contributed by atoms with Crippen LogP contribution in [0.3, 0.4) is 0 Å². The molecule has 0 unspecified atom stereocenters. The molecule has 0 saturated carbocycles. The molecule has 1 aromatic carbocycles. The van der Waals surface area contributed by atoms with E-state index in [4.69, 9.17) is 16.3 Å². The molecule has 3 nitrogen and oxygen atoms in total. The first-order valence-electron chi connectivity index (χ1n) is 4.76. The molecule has 2 aromatic rings. The Labute approximate surface area is 98.7 Å². The van der Waals surface area contributed by atoms with Crippen LogP contribution >= 0.6 is 11.6 Å². The topological polar surface area (TPSA) is 34.1 Å². The van der Waals surface area contributed by atoms with Crippen LogP contribution < -0.4 is 10.1 Å². The molecule has 1 N–H and O–H groups in total. The molecule has 0 radical (unpaired) electrons. The summed E-state index contributed by atoms with van der Waals surface area (Å²) in [4.78, 5) is 4.39. The smallest absolute Gasteiger partial charge is 0.132 e. The predicted molar refractivity (Wildman–Crippen MR) is 67.1 cm³/mol. The lowest BCUT2D eigenvalue weighted by Gasteiger charge is -2.06. The highest BCUT2D eigenvalue weighted by Crippen LogP contribution is 2.27. The van der Waals surface area contributed by atoms with Crippen LogP contribution in [0.15, 0.2) is 37.0 Å². The molecule has 0 aliphatic carbocycles. The Hall–Kier alpha value is -1.74. The fourth-order valence-corrected chi connectivity index (χ4v) is 1.73. The van der Waals surface area contributed by atoms with Crippen LogP contribution in [0.25, 0.3) is 10.9 Å².